The summed E-state index contributed by atoms with van der Waals surface area (Å²) in [7, 11) is 0. The number of amides is 2. The lowest BCUT2D eigenvalue weighted by Crippen LogP contribution is -2.28. The quantitative estimate of drug-likeness (QED) is 0.795. The summed E-state index contributed by atoms with van der Waals surface area (Å²) in [5.74, 6) is 1.01. The first-order chi connectivity index (χ1) is 12.9. The smallest absolute Gasteiger partial charge is 0.254 e. The van der Waals surface area contributed by atoms with Crippen LogP contribution in [-0.4, -0.2) is 33.1 Å². The average molecular weight is 390 g/mol. The Labute approximate surface area is 163 Å². The van der Waals surface area contributed by atoms with Crippen LogP contribution in [0, 0.1) is 19.8 Å². The van der Waals surface area contributed by atoms with Crippen molar-refractivity contribution in [1.82, 2.24) is 20.1 Å². The van der Waals surface area contributed by atoms with Gasteiger partial charge in [-0.05, 0) is 52.0 Å². The van der Waals surface area contributed by atoms with Crippen LogP contribution in [0.4, 0.5) is 5.00 Å². The number of thiophene rings is 1. The second kappa shape index (κ2) is 8.21. The summed E-state index contributed by atoms with van der Waals surface area (Å²) in [6.07, 6.45) is 4.11. The molecule has 0 aromatic carbocycles. The lowest BCUT2D eigenvalue weighted by molar-refractivity contribution is -0.119. The zero-order valence-electron chi connectivity index (χ0n) is 16.4. The number of carbonyl (C=O) groups excluding carboxylic acids is 2. The van der Waals surface area contributed by atoms with Gasteiger partial charge in [0.25, 0.3) is 5.91 Å². The van der Waals surface area contributed by atoms with Crippen molar-refractivity contribution in [2.45, 2.75) is 59.9 Å². The molecule has 0 spiro atoms. The van der Waals surface area contributed by atoms with Crippen molar-refractivity contribution in [3.8, 4) is 0 Å². The fraction of sp³-hybridized carbons (Fsp3) is 0.579. The molecule has 2 heterocycles. The molecule has 0 aliphatic heterocycles. The van der Waals surface area contributed by atoms with Gasteiger partial charge in [0.2, 0.25) is 5.91 Å². The Bertz CT molecular complexity index is 855. The van der Waals surface area contributed by atoms with Crippen molar-refractivity contribution in [1.29, 1.82) is 0 Å². The summed E-state index contributed by atoms with van der Waals surface area (Å²) < 4.78 is 1.75. The number of rotatable bonds is 6. The Morgan fingerprint density at radius 3 is 2.67 bits per heavy atom. The van der Waals surface area contributed by atoms with Crippen molar-refractivity contribution in [2.24, 2.45) is 5.92 Å². The molecule has 0 saturated carbocycles. The van der Waals surface area contributed by atoms with Crippen LogP contribution in [0.3, 0.4) is 0 Å². The van der Waals surface area contributed by atoms with E-state index in [2.05, 4.69) is 20.7 Å². The van der Waals surface area contributed by atoms with Crippen molar-refractivity contribution < 1.29 is 9.59 Å². The summed E-state index contributed by atoms with van der Waals surface area (Å²) in [6.45, 7) is 8.51. The molecule has 1 aliphatic rings. The van der Waals surface area contributed by atoms with E-state index in [1.165, 1.54) is 4.88 Å². The summed E-state index contributed by atoms with van der Waals surface area (Å²) >= 11 is 1.55. The van der Waals surface area contributed by atoms with E-state index < -0.39 is 0 Å². The maximum atomic E-state index is 12.8. The summed E-state index contributed by atoms with van der Waals surface area (Å²) in [4.78, 5) is 30.9. The third kappa shape index (κ3) is 4.21. The van der Waals surface area contributed by atoms with Gasteiger partial charge in [0.15, 0.2) is 0 Å². The Hall–Kier alpha value is -2.22. The molecule has 1 atom stereocenters. The van der Waals surface area contributed by atoms with E-state index >= 15 is 0 Å². The second-order valence-corrected chi connectivity index (χ2v) is 8.16. The lowest BCUT2D eigenvalue weighted by atomic mass is 9.95. The lowest BCUT2D eigenvalue weighted by Gasteiger charge is -2.14. The Morgan fingerprint density at radius 2 is 2.00 bits per heavy atom. The zero-order valence-corrected chi connectivity index (χ0v) is 17.2. The zero-order chi connectivity index (χ0) is 19.6. The molecular weight excluding hydrogens is 362 g/mol. The van der Waals surface area contributed by atoms with Crippen LogP contribution in [0.1, 0.15) is 59.1 Å². The van der Waals surface area contributed by atoms with E-state index in [1.54, 1.807) is 16.0 Å². The SMILES string of the molecule is CCNC(=O)c1c(NC(=O)C(C)Cn2nc(C)nc2C)sc2c1CCCC2. The van der Waals surface area contributed by atoms with Gasteiger partial charge >= 0.3 is 0 Å². The molecule has 0 bridgehead atoms. The minimum atomic E-state index is -0.286. The molecule has 2 amide bonds. The van der Waals surface area contributed by atoms with Crippen LogP contribution in [0.5, 0.6) is 0 Å². The Balaban J connectivity index is 1.79. The van der Waals surface area contributed by atoms with Gasteiger partial charge in [0, 0.05) is 11.4 Å². The van der Waals surface area contributed by atoms with E-state index in [0.717, 1.165) is 37.1 Å². The van der Waals surface area contributed by atoms with Crippen LogP contribution in [0.25, 0.3) is 0 Å². The molecule has 2 N–H and O–H groups in total. The van der Waals surface area contributed by atoms with Gasteiger partial charge in [-0.25, -0.2) is 9.67 Å². The average Bonchev–Trinajstić information content (AvgIpc) is 3.13. The molecular formula is C19H27N5O2S. The monoisotopic (exact) mass is 389 g/mol. The minimum absolute atomic E-state index is 0.0948. The molecule has 1 aliphatic carbocycles. The van der Waals surface area contributed by atoms with Gasteiger partial charge in [0.1, 0.15) is 16.6 Å². The van der Waals surface area contributed by atoms with Crippen molar-refractivity contribution in [3.05, 3.63) is 27.7 Å². The highest BCUT2D eigenvalue weighted by atomic mass is 32.1. The van der Waals surface area contributed by atoms with Gasteiger partial charge in [0.05, 0.1) is 18.0 Å². The number of fused-ring (bicyclic) bond motifs is 1. The summed E-state index contributed by atoms with van der Waals surface area (Å²) in [6, 6.07) is 0. The number of nitrogens with zero attached hydrogens (tertiary/aromatic N) is 3. The maximum Gasteiger partial charge on any atom is 0.254 e. The predicted molar refractivity (Wildman–Crippen MR) is 106 cm³/mol. The van der Waals surface area contributed by atoms with Crippen LogP contribution in [0.2, 0.25) is 0 Å². The first kappa shape index (κ1) is 19.5. The summed E-state index contributed by atoms with van der Waals surface area (Å²) in [5.41, 5.74) is 1.77. The van der Waals surface area contributed by atoms with Gasteiger partial charge in [-0.3, -0.25) is 9.59 Å². The van der Waals surface area contributed by atoms with Crippen LogP contribution < -0.4 is 10.6 Å². The topological polar surface area (TPSA) is 88.9 Å². The molecule has 0 fully saturated rings. The number of hydrogen-bond donors (Lipinski definition) is 2. The number of aromatic nitrogens is 3. The third-order valence-electron chi connectivity index (χ3n) is 4.83. The number of anilines is 1. The first-order valence-corrected chi connectivity index (χ1v) is 10.3. The molecule has 27 heavy (non-hydrogen) atoms. The standard InChI is InChI=1S/C19H27N5O2S/c1-5-20-18(26)16-14-8-6-7-9-15(14)27-19(16)22-17(25)11(2)10-24-13(4)21-12(3)23-24/h11H,5-10H2,1-4H3,(H,20,26)(H,22,25). The fourth-order valence-corrected chi connectivity index (χ4v) is 4.74. The van der Waals surface area contributed by atoms with Crippen LogP contribution in [-0.2, 0) is 24.2 Å². The van der Waals surface area contributed by atoms with Crippen LogP contribution in [0.15, 0.2) is 0 Å². The molecule has 7 nitrogen and oxygen atoms in total. The summed E-state index contributed by atoms with van der Waals surface area (Å²) in [5, 5.41) is 10.9. The molecule has 146 valence electrons. The van der Waals surface area contributed by atoms with Gasteiger partial charge in [-0.2, -0.15) is 5.10 Å². The van der Waals surface area contributed by atoms with E-state index in [-0.39, 0.29) is 17.7 Å². The van der Waals surface area contributed by atoms with Crippen LogP contribution >= 0.6 is 11.3 Å². The fourth-order valence-electron chi connectivity index (χ4n) is 3.45. The maximum absolute atomic E-state index is 12.8. The molecule has 1 unspecified atom stereocenters. The molecule has 2 aromatic heterocycles. The van der Waals surface area contributed by atoms with Gasteiger partial charge in [-0.1, -0.05) is 6.92 Å². The van der Waals surface area contributed by atoms with E-state index in [1.807, 2.05) is 27.7 Å². The van der Waals surface area contributed by atoms with Crippen molar-refractivity contribution in [3.63, 3.8) is 0 Å². The molecule has 0 radical (unpaired) electrons. The number of carbonyl (C=O) groups is 2. The highest BCUT2D eigenvalue weighted by Crippen LogP contribution is 2.38. The van der Waals surface area contributed by atoms with E-state index in [9.17, 15) is 9.59 Å². The molecule has 2 aromatic rings. The van der Waals surface area contributed by atoms with Crippen molar-refractivity contribution in [2.75, 3.05) is 11.9 Å². The normalized spacial score (nSPS) is 14.5. The largest absolute Gasteiger partial charge is 0.352 e. The van der Waals surface area contributed by atoms with E-state index in [0.29, 0.717) is 29.5 Å². The van der Waals surface area contributed by atoms with E-state index in [4.69, 9.17) is 0 Å². The molecule has 8 heteroatoms. The highest BCUT2D eigenvalue weighted by molar-refractivity contribution is 7.17. The number of hydrogen-bond acceptors (Lipinski definition) is 5. The molecule has 3 rings (SSSR count). The molecule has 0 saturated heterocycles. The van der Waals surface area contributed by atoms with Crippen molar-refractivity contribution >= 4 is 28.2 Å². The minimum Gasteiger partial charge on any atom is -0.352 e. The van der Waals surface area contributed by atoms with Gasteiger partial charge in [-0.15, -0.1) is 11.3 Å². The second-order valence-electron chi connectivity index (χ2n) is 7.05. The predicted octanol–water partition coefficient (Wildman–Crippen LogP) is 2.86. The number of nitrogens with one attached hydrogen (secondary N) is 2. The van der Waals surface area contributed by atoms with Gasteiger partial charge < -0.3 is 10.6 Å². The first-order valence-electron chi connectivity index (χ1n) is 9.52. The third-order valence-corrected chi connectivity index (χ3v) is 6.04. The highest BCUT2D eigenvalue weighted by Gasteiger charge is 2.27. The number of aryl methyl sites for hydroxylation is 3. The Morgan fingerprint density at radius 1 is 1.26 bits per heavy atom. The Kier molecular flexibility index (Phi) is 5.94.